The second-order valence-corrected chi connectivity index (χ2v) is 2.60. The van der Waals surface area contributed by atoms with Gasteiger partial charge in [-0.05, 0) is 31.6 Å². The van der Waals surface area contributed by atoms with E-state index < -0.39 is 5.82 Å². The van der Waals surface area contributed by atoms with Crippen molar-refractivity contribution in [3.63, 3.8) is 0 Å². The number of hydrogen-bond donors (Lipinski definition) is 2. The van der Waals surface area contributed by atoms with Crippen LogP contribution in [0.2, 0.25) is 0 Å². The third-order valence-electron chi connectivity index (χ3n) is 1.71. The van der Waals surface area contributed by atoms with Gasteiger partial charge in [0.2, 0.25) is 0 Å². The maximum Gasteiger partial charge on any atom is 0.165 e. The molecule has 0 heterocycles. The molecule has 0 saturated carbocycles. The molecule has 0 aliphatic carbocycles. The molecular weight excluding hydrogens is 157 g/mol. The topological polar surface area (TPSA) is 32.3 Å². The molecule has 0 unspecified atom stereocenters. The van der Waals surface area contributed by atoms with Crippen LogP contribution in [0, 0.1) is 5.82 Å². The molecule has 1 aromatic carbocycles. The van der Waals surface area contributed by atoms with Crippen molar-refractivity contribution in [1.82, 2.24) is 5.32 Å². The summed E-state index contributed by atoms with van der Waals surface area (Å²) < 4.78 is 12.7. The van der Waals surface area contributed by atoms with Gasteiger partial charge in [-0.25, -0.2) is 4.39 Å². The number of likely N-dealkylation sites (N-methyl/N-ethyl adjacent to an activating group) is 1. The van der Waals surface area contributed by atoms with Gasteiger partial charge in [-0.3, -0.25) is 0 Å². The Morgan fingerprint density at radius 2 is 2.25 bits per heavy atom. The zero-order chi connectivity index (χ0) is 8.97. The molecule has 0 aliphatic heterocycles. The second kappa shape index (κ2) is 4.07. The predicted molar refractivity (Wildman–Crippen MR) is 45.7 cm³/mol. The van der Waals surface area contributed by atoms with E-state index in [9.17, 15) is 9.50 Å². The van der Waals surface area contributed by atoms with Gasteiger partial charge in [0.15, 0.2) is 11.6 Å². The minimum Gasteiger partial charge on any atom is -0.505 e. The molecule has 0 amide bonds. The highest BCUT2D eigenvalue weighted by Crippen LogP contribution is 2.20. The van der Waals surface area contributed by atoms with Gasteiger partial charge >= 0.3 is 0 Å². The second-order valence-electron chi connectivity index (χ2n) is 2.60. The Kier molecular flexibility index (Phi) is 3.05. The van der Waals surface area contributed by atoms with E-state index in [4.69, 9.17) is 0 Å². The molecule has 0 aromatic heterocycles. The molecule has 0 aliphatic rings. The van der Waals surface area contributed by atoms with Crippen LogP contribution in [0.25, 0.3) is 0 Å². The minimum absolute atomic E-state index is 0.229. The number of phenolic OH excluding ortho intramolecular Hbond substituents is 1. The molecule has 0 radical (unpaired) electrons. The van der Waals surface area contributed by atoms with E-state index in [1.165, 1.54) is 6.07 Å². The fourth-order valence-electron chi connectivity index (χ4n) is 1.02. The summed E-state index contributed by atoms with van der Waals surface area (Å²) in [4.78, 5) is 0. The van der Waals surface area contributed by atoms with E-state index in [1.54, 1.807) is 12.1 Å². The molecule has 2 N–H and O–H groups in total. The number of nitrogens with one attached hydrogen (secondary N) is 1. The van der Waals surface area contributed by atoms with Gasteiger partial charge in [-0.2, -0.15) is 0 Å². The lowest BCUT2D eigenvalue weighted by Gasteiger charge is -2.03. The van der Waals surface area contributed by atoms with E-state index in [0.717, 1.165) is 6.54 Å². The van der Waals surface area contributed by atoms with Crippen LogP contribution in [0.15, 0.2) is 18.2 Å². The third kappa shape index (κ3) is 1.95. The smallest absolute Gasteiger partial charge is 0.165 e. The fourth-order valence-corrected chi connectivity index (χ4v) is 1.02. The SMILES string of the molecule is CNCCc1cccc(F)c1O. The van der Waals surface area contributed by atoms with Gasteiger partial charge in [-0.15, -0.1) is 0 Å². The predicted octanol–water partition coefficient (Wildman–Crippen LogP) is 1.29. The number of hydrogen-bond acceptors (Lipinski definition) is 2. The molecule has 0 fully saturated rings. The number of rotatable bonds is 3. The summed E-state index contributed by atoms with van der Waals surface area (Å²) in [5, 5.41) is 12.2. The lowest BCUT2D eigenvalue weighted by Crippen LogP contribution is -2.10. The summed E-state index contributed by atoms with van der Waals surface area (Å²) in [6, 6.07) is 4.56. The molecule has 1 rings (SSSR count). The van der Waals surface area contributed by atoms with E-state index in [1.807, 2.05) is 7.05 Å². The summed E-state index contributed by atoms with van der Waals surface area (Å²) >= 11 is 0. The van der Waals surface area contributed by atoms with Crippen molar-refractivity contribution in [2.75, 3.05) is 13.6 Å². The highest BCUT2D eigenvalue weighted by molar-refractivity contribution is 5.33. The summed E-state index contributed by atoms with van der Waals surface area (Å²) in [5.74, 6) is -0.781. The van der Waals surface area contributed by atoms with E-state index in [-0.39, 0.29) is 5.75 Å². The van der Waals surface area contributed by atoms with Crippen molar-refractivity contribution in [2.45, 2.75) is 6.42 Å². The Balaban J connectivity index is 2.78. The largest absolute Gasteiger partial charge is 0.505 e. The highest BCUT2D eigenvalue weighted by Gasteiger charge is 2.04. The number of halogens is 1. The van der Waals surface area contributed by atoms with Gasteiger partial charge in [0.1, 0.15) is 0 Å². The standard InChI is InChI=1S/C9H12FNO/c1-11-6-5-7-3-2-4-8(10)9(7)12/h2-4,11-12H,5-6H2,1H3. The summed E-state index contributed by atoms with van der Waals surface area (Å²) in [6.07, 6.45) is 0.639. The van der Waals surface area contributed by atoms with Gasteiger partial charge in [0.05, 0.1) is 0 Å². The highest BCUT2D eigenvalue weighted by atomic mass is 19.1. The number of aromatic hydroxyl groups is 1. The number of phenols is 1. The maximum atomic E-state index is 12.7. The van der Waals surface area contributed by atoms with Gasteiger partial charge in [0.25, 0.3) is 0 Å². The molecule has 12 heavy (non-hydrogen) atoms. The Morgan fingerprint density at radius 3 is 2.92 bits per heavy atom. The van der Waals surface area contributed by atoms with Crippen LogP contribution in [0.5, 0.6) is 5.75 Å². The zero-order valence-electron chi connectivity index (χ0n) is 6.97. The third-order valence-corrected chi connectivity index (χ3v) is 1.71. The summed E-state index contributed by atoms with van der Waals surface area (Å²) in [7, 11) is 1.82. The zero-order valence-corrected chi connectivity index (χ0v) is 6.97. The van der Waals surface area contributed by atoms with Crippen LogP contribution >= 0.6 is 0 Å². The lowest BCUT2D eigenvalue weighted by molar-refractivity contribution is 0.425. The van der Waals surface area contributed by atoms with Crippen LogP contribution in [0.1, 0.15) is 5.56 Å². The molecule has 66 valence electrons. The van der Waals surface area contributed by atoms with E-state index in [0.29, 0.717) is 12.0 Å². The Hall–Kier alpha value is -1.09. The number of para-hydroxylation sites is 1. The molecule has 0 spiro atoms. The fraction of sp³-hybridized carbons (Fsp3) is 0.333. The maximum absolute atomic E-state index is 12.7. The van der Waals surface area contributed by atoms with Crippen molar-refractivity contribution in [2.24, 2.45) is 0 Å². The summed E-state index contributed by atoms with van der Waals surface area (Å²) in [5.41, 5.74) is 0.643. The molecule has 0 saturated heterocycles. The Bertz CT molecular complexity index is 263. The lowest BCUT2D eigenvalue weighted by atomic mass is 10.1. The molecule has 3 heteroatoms. The van der Waals surface area contributed by atoms with Crippen LogP contribution in [-0.2, 0) is 6.42 Å². The average Bonchev–Trinajstić information content (AvgIpc) is 2.08. The molecule has 0 bridgehead atoms. The van der Waals surface area contributed by atoms with Crippen LogP contribution in [-0.4, -0.2) is 18.7 Å². The van der Waals surface area contributed by atoms with Crippen molar-refractivity contribution < 1.29 is 9.50 Å². The Morgan fingerprint density at radius 1 is 1.50 bits per heavy atom. The normalized spacial score (nSPS) is 10.2. The van der Waals surface area contributed by atoms with Crippen molar-refractivity contribution >= 4 is 0 Å². The average molecular weight is 169 g/mol. The minimum atomic E-state index is -0.552. The monoisotopic (exact) mass is 169 g/mol. The van der Waals surface area contributed by atoms with Crippen LogP contribution in [0.3, 0.4) is 0 Å². The first kappa shape index (κ1) is 9.00. The van der Waals surface area contributed by atoms with Crippen molar-refractivity contribution in [1.29, 1.82) is 0 Å². The van der Waals surface area contributed by atoms with Gasteiger partial charge in [-0.1, -0.05) is 12.1 Å². The van der Waals surface area contributed by atoms with Crippen LogP contribution < -0.4 is 5.32 Å². The van der Waals surface area contributed by atoms with Crippen LogP contribution in [0.4, 0.5) is 4.39 Å². The van der Waals surface area contributed by atoms with Crippen molar-refractivity contribution in [3.05, 3.63) is 29.6 Å². The number of benzene rings is 1. The molecule has 0 atom stereocenters. The van der Waals surface area contributed by atoms with E-state index >= 15 is 0 Å². The van der Waals surface area contributed by atoms with Crippen molar-refractivity contribution in [3.8, 4) is 5.75 Å². The summed E-state index contributed by atoms with van der Waals surface area (Å²) in [6.45, 7) is 0.733. The molecule has 2 nitrogen and oxygen atoms in total. The van der Waals surface area contributed by atoms with Gasteiger partial charge < -0.3 is 10.4 Å². The van der Waals surface area contributed by atoms with Gasteiger partial charge in [0, 0.05) is 0 Å². The first-order valence-corrected chi connectivity index (χ1v) is 3.86. The Labute approximate surface area is 71.0 Å². The molecular formula is C9H12FNO. The quantitative estimate of drug-likeness (QED) is 0.714. The first-order chi connectivity index (χ1) is 5.75. The van der Waals surface area contributed by atoms with E-state index in [2.05, 4.69) is 5.32 Å². The molecule has 1 aromatic rings. The first-order valence-electron chi connectivity index (χ1n) is 3.86.